The van der Waals surface area contributed by atoms with E-state index in [2.05, 4.69) is 33.6 Å². The zero-order chi connectivity index (χ0) is 25.8. The van der Waals surface area contributed by atoms with Gasteiger partial charge < -0.3 is 4.90 Å². The van der Waals surface area contributed by atoms with Gasteiger partial charge in [0.1, 0.15) is 0 Å². The number of halogens is 2. The van der Waals surface area contributed by atoms with Crippen molar-refractivity contribution in [1.29, 1.82) is 0 Å². The van der Waals surface area contributed by atoms with Gasteiger partial charge in [0.25, 0.3) is 0 Å². The van der Waals surface area contributed by atoms with E-state index in [0.29, 0.717) is 36.1 Å². The second kappa shape index (κ2) is 11.6. The first kappa shape index (κ1) is 26.4. The summed E-state index contributed by atoms with van der Waals surface area (Å²) in [6.45, 7) is 1.52. The van der Waals surface area contributed by atoms with Crippen LogP contribution in [-0.4, -0.2) is 47.8 Å². The van der Waals surface area contributed by atoms with Crippen molar-refractivity contribution in [3.8, 4) is 0 Å². The van der Waals surface area contributed by atoms with E-state index in [1.54, 1.807) is 12.1 Å². The summed E-state index contributed by atoms with van der Waals surface area (Å²) in [5.41, 5.74) is 5.91. The first-order valence-corrected chi connectivity index (χ1v) is 13.4. The molecule has 1 atom stereocenters. The first-order valence-electron chi connectivity index (χ1n) is 11.5. The minimum atomic E-state index is -0.266. The van der Waals surface area contributed by atoms with Crippen molar-refractivity contribution in [2.75, 3.05) is 24.3 Å². The summed E-state index contributed by atoms with van der Waals surface area (Å²) in [6.07, 6.45) is 0.532. The molecule has 1 aliphatic rings. The maximum Gasteiger partial charge on any atom is -0.0364 e. The second-order valence-electron chi connectivity index (χ2n) is 9.00. The van der Waals surface area contributed by atoms with Gasteiger partial charge in [-0.3, -0.25) is 0 Å². The van der Waals surface area contributed by atoms with Gasteiger partial charge in [0.15, 0.2) is 0 Å². The summed E-state index contributed by atoms with van der Waals surface area (Å²) in [5, 5.41) is 6.90. The SMILES string of the molecule is CN(C)c1ccc(NC(=O)NCc2ccc3c(c2)CN(C(=O)[C@H]([As])Cc2ccc(Cl)cc2Cl)C3)cc1. The summed E-state index contributed by atoms with van der Waals surface area (Å²) in [6, 6.07) is 18.8. The number of rotatable bonds is 7. The van der Waals surface area contributed by atoms with Crippen molar-refractivity contribution in [3.05, 3.63) is 93.0 Å². The Morgan fingerprint density at radius 3 is 2.42 bits per heavy atom. The molecule has 4 rings (SSSR count). The maximum absolute atomic E-state index is 13.1. The molecule has 0 fully saturated rings. The average Bonchev–Trinajstić information content (AvgIpc) is 3.27. The van der Waals surface area contributed by atoms with Gasteiger partial charge in [-0.1, -0.05) is 0 Å². The van der Waals surface area contributed by atoms with Crippen LogP contribution < -0.4 is 15.5 Å². The van der Waals surface area contributed by atoms with Crippen molar-refractivity contribution in [3.63, 3.8) is 0 Å². The Bertz CT molecular complexity index is 1270. The van der Waals surface area contributed by atoms with Gasteiger partial charge in [-0.2, -0.15) is 0 Å². The van der Waals surface area contributed by atoms with Crippen molar-refractivity contribution >= 4 is 63.4 Å². The molecule has 0 unspecified atom stereocenters. The van der Waals surface area contributed by atoms with Crippen LogP contribution in [0, 0.1) is 0 Å². The Balaban J connectivity index is 1.30. The fourth-order valence-electron chi connectivity index (χ4n) is 4.11. The molecule has 0 saturated heterocycles. The van der Waals surface area contributed by atoms with E-state index >= 15 is 0 Å². The molecular formula is C27H27AsCl2N4O2. The summed E-state index contributed by atoms with van der Waals surface area (Å²) in [5.74, 6) is 0.0663. The Hall–Kier alpha value is -2.66. The third kappa shape index (κ3) is 6.55. The van der Waals surface area contributed by atoms with E-state index in [9.17, 15) is 9.59 Å². The zero-order valence-electron chi connectivity index (χ0n) is 20.1. The minimum absolute atomic E-state index is 0.0663. The molecule has 1 aliphatic heterocycles. The van der Waals surface area contributed by atoms with Gasteiger partial charge >= 0.3 is 182 Å². The Morgan fingerprint density at radius 1 is 1.00 bits per heavy atom. The molecule has 3 amide bonds. The number of nitrogens with one attached hydrogen (secondary N) is 2. The molecule has 3 aromatic carbocycles. The Morgan fingerprint density at radius 2 is 1.72 bits per heavy atom. The number of fused-ring (bicyclic) bond motifs is 1. The molecule has 6 nitrogen and oxygen atoms in total. The van der Waals surface area contributed by atoms with Crippen LogP contribution in [-0.2, 0) is 30.8 Å². The molecule has 0 aromatic heterocycles. The second-order valence-corrected chi connectivity index (χ2v) is 11.2. The number of amides is 3. The van der Waals surface area contributed by atoms with Gasteiger partial charge in [-0.15, -0.1) is 0 Å². The summed E-state index contributed by atoms with van der Waals surface area (Å²) < 4.78 is -0.262. The smallest absolute Gasteiger partial charge is 0.0364 e. The quantitative estimate of drug-likeness (QED) is 0.364. The van der Waals surface area contributed by atoms with Gasteiger partial charge in [-0.25, -0.2) is 0 Å². The Kier molecular flexibility index (Phi) is 8.50. The standard InChI is InChI=1S/C27H27AsCl2N4O2/c1-33(2)23-9-7-22(8-10-23)32-27(36)31-14-17-3-4-19-15-34(16-20(19)11-17)26(35)24(28)12-18-5-6-21(29)13-25(18)30/h3-11,13,24H,12,14-16H2,1-2H3,(H2,31,32,36)/t24-/m1/s1. The number of hydrogen-bond acceptors (Lipinski definition) is 3. The number of anilines is 2. The molecule has 186 valence electrons. The number of urea groups is 1. The Labute approximate surface area is 230 Å². The molecule has 0 aliphatic carbocycles. The third-order valence-corrected chi connectivity index (χ3v) is 7.55. The van der Waals surface area contributed by atoms with Crippen molar-refractivity contribution in [1.82, 2.24) is 10.2 Å². The van der Waals surface area contributed by atoms with Crippen molar-refractivity contribution < 1.29 is 9.59 Å². The number of benzene rings is 3. The summed E-state index contributed by atoms with van der Waals surface area (Å²) in [7, 11) is 3.94. The fourth-order valence-corrected chi connectivity index (χ4v) is 5.35. The normalized spacial score (nSPS) is 13.2. The molecule has 0 spiro atoms. The van der Waals surface area contributed by atoms with Gasteiger partial charge in [0.2, 0.25) is 0 Å². The van der Waals surface area contributed by atoms with E-state index in [1.165, 1.54) is 0 Å². The molecule has 3 aromatic rings. The first-order chi connectivity index (χ1) is 17.2. The molecule has 36 heavy (non-hydrogen) atoms. The van der Waals surface area contributed by atoms with Crippen LogP contribution in [0.2, 0.25) is 14.8 Å². The van der Waals surface area contributed by atoms with Gasteiger partial charge in [-0.05, 0) is 24.3 Å². The molecule has 1 heterocycles. The summed E-state index contributed by atoms with van der Waals surface area (Å²) >= 11 is 14.7. The van der Waals surface area contributed by atoms with Crippen LogP contribution in [0.25, 0.3) is 0 Å². The molecule has 0 saturated carbocycles. The molecular weight excluding hydrogens is 558 g/mol. The minimum Gasteiger partial charge on any atom is -0.0367 e. The maximum atomic E-state index is 13.1. The van der Waals surface area contributed by atoms with Crippen LogP contribution >= 0.6 is 23.2 Å². The number of nitrogens with zero attached hydrogens (tertiary/aromatic N) is 2. The van der Waals surface area contributed by atoms with Crippen LogP contribution in [0.15, 0.2) is 60.7 Å². The average molecular weight is 585 g/mol. The topological polar surface area (TPSA) is 64.7 Å². The fraction of sp³-hybridized carbons (Fsp3) is 0.259. The largest absolute Gasteiger partial charge is 0.0367 e. The monoisotopic (exact) mass is 584 g/mol. The third-order valence-electron chi connectivity index (χ3n) is 6.11. The van der Waals surface area contributed by atoms with Gasteiger partial charge in [0, 0.05) is 19.8 Å². The predicted molar refractivity (Wildman–Crippen MR) is 147 cm³/mol. The number of carbonyl (C=O) groups is 2. The van der Waals surface area contributed by atoms with Crippen molar-refractivity contribution in [2.24, 2.45) is 0 Å². The van der Waals surface area contributed by atoms with Crippen molar-refractivity contribution in [2.45, 2.75) is 30.8 Å². The molecule has 2 N–H and O–H groups in total. The van der Waals surface area contributed by atoms with Gasteiger partial charge in [0.05, 0.1) is 0 Å². The molecule has 9 heteroatoms. The van der Waals surface area contributed by atoms with Crippen LogP contribution in [0.5, 0.6) is 0 Å². The van der Waals surface area contributed by atoms with Crippen LogP contribution in [0.1, 0.15) is 22.3 Å². The van der Waals surface area contributed by atoms with E-state index in [-0.39, 0.29) is 16.6 Å². The number of carbonyl (C=O) groups excluding carboxylic acids is 2. The molecule has 0 bridgehead atoms. The van der Waals surface area contributed by atoms with E-state index in [1.807, 2.05) is 66.4 Å². The van der Waals surface area contributed by atoms with Crippen LogP contribution in [0.4, 0.5) is 16.2 Å². The van der Waals surface area contributed by atoms with E-state index < -0.39 is 0 Å². The summed E-state index contributed by atoms with van der Waals surface area (Å²) in [4.78, 5) is 29.3. The number of hydrogen-bond donors (Lipinski definition) is 2. The van der Waals surface area contributed by atoms with Crippen LogP contribution in [0.3, 0.4) is 0 Å². The predicted octanol–water partition coefficient (Wildman–Crippen LogP) is 5.42. The van der Waals surface area contributed by atoms with E-state index in [4.69, 9.17) is 23.2 Å². The molecule has 2 radical (unpaired) electrons. The van der Waals surface area contributed by atoms with E-state index in [0.717, 1.165) is 33.6 Å². The zero-order valence-corrected chi connectivity index (χ0v) is 23.5.